The summed E-state index contributed by atoms with van der Waals surface area (Å²) in [6, 6.07) is 15.8. The van der Waals surface area contributed by atoms with Gasteiger partial charge in [0.2, 0.25) is 0 Å². The topological polar surface area (TPSA) is 29.5 Å². The van der Waals surface area contributed by atoms with Crippen LogP contribution in [-0.2, 0) is 0 Å². The van der Waals surface area contributed by atoms with E-state index in [0.29, 0.717) is 6.61 Å². The molecule has 0 amide bonds. The number of hydrogen-bond acceptors (Lipinski definition) is 2. The molecule has 2 atom stereocenters. The van der Waals surface area contributed by atoms with Crippen LogP contribution >= 0.6 is 15.9 Å². The minimum Gasteiger partial charge on any atom is -0.493 e. The van der Waals surface area contributed by atoms with Crippen molar-refractivity contribution in [1.82, 2.24) is 0 Å². The van der Waals surface area contributed by atoms with Crippen molar-refractivity contribution in [3.05, 3.63) is 64.1 Å². The average molecular weight is 319 g/mol. The summed E-state index contributed by atoms with van der Waals surface area (Å²) in [6.45, 7) is 0.662. The average Bonchev–Trinajstić information content (AvgIpc) is 2.47. The van der Waals surface area contributed by atoms with Crippen LogP contribution in [0.5, 0.6) is 5.75 Å². The van der Waals surface area contributed by atoms with Crippen LogP contribution < -0.4 is 4.74 Å². The molecule has 0 fully saturated rings. The summed E-state index contributed by atoms with van der Waals surface area (Å²) in [4.78, 5) is 0. The van der Waals surface area contributed by atoms with E-state index < -0.39 is 6.10 Å². The predicted octanol–water partition coefficient (Wildman–Crippen LogP) is 4.05. The molecular weight excluding hydrogens is 304 g/mol. The molecule has 19 heavy (non-hydrogen) atoms. The number of benzene rings is 2. The van der Waals surface area contributed by atoms with Gasteiger partial charge in [0.05, 0.1) is 12.7 Å². The summed E-state index contributed by atoms with van der Waals surface area (Å²) in [5, 5.41) is 10.6. The van der Waals surface area contributed by atoms with E-state index in [0.717, 1.165) is 27.8 Å². The molecule has 3 heteroatoms. The van der Waals surface area contributed by atoms with Crippen molar-refractivity contribution in [2.45, 2.75) is 18.4 Å². The summed E-state index contributed by atoms with van der Waals surface area (Å²) < 4.78 is 6.66. The van der Waals surface area contributed by atoms with Crippen molar-refractivity contribution in [3.63, 3.8) is 0 Å². The molecule has 98 valence electrons. The fourth-order valence-corrected chi connectivity index (χ4v) is 2.85. The standard InChI is InChI=1S/C16H15BrO2/c17-12-7-5-11(6-8-12)16(18)14-9-10-19-15-4-2-1-3-13(14)15/h1-8,14,16,18H,9-10H2. The third kappa shape index (κ3) is 2.53. The Hall–Kier alpha value is -1.32. The number of ether oxygens (including phenoxy) is 1. The van der Waals surface area contributed by atoms with Crippen LogP contribution in [0.15, 0.2) is 53.0 Å². The first-order chi connectivity index (χ1) is 9.25. The van der Waals surface area contributed by atoms with Gasteiger partial charge >= 0.3 is 0 Å². The van der Waals surface area contributed by atoms with Gasteiger partial charge in [-0.05, 0) is 30.2 Å². The zero-order valence-electron chi connectivity index (χ0n) is 10.4. The van der Waals surface area contributed by atoms with E-state index in [1.165, 1.54) is 0 Å². The van der Waals surface area contributed by atoms with Gasteiger partial charge in [-0.25, -0.2) is 0 Å². The Morgan fingerprint density at radius 3 is 2.63 bits per heavy atom. The van der Waals surface area contributed by atoms with Crippen LogP contribution in [0.1, 0.15) is 29.6 Å². The molecule has 2 unspecified atom stereocenters. The van der Waals surface area contributed by atoms with Crippen molar-refractivity contribution in [2.24, 2.45) is 0 Å². The minimum absolute atomic E-state index is 0.103. The normalized spacial score (nSPS) is 19.4. The maximum atomic E-state index is 10.6. The number of fused-ring (bicyclic) bond motifs is 1. The van der Waals surface area contributed by atoms with Gasteiger partial charge in [-0.15, -0.1) is 0 Å². The van der Waals surface area contributed by atoms with Crippen LogP contribution in [0.2, 0.25) is 0 Å². The zero-order chi connectivity index (χ0) is 13.2. The van der Waals surface area contributed by atoms with E-state index in [9.17, 15) is 5.11 Å². The second kappa shape index (κ2) is 5.35. The molecule has 0 radical (unpaired) electrons. The van der Waals surface area contributed by atoms with E-state index in [1.54, 1.807) is 0 Å². The lowest BCUT2D eigenvalue weighted by Gasteiger charge is -2.29. The highest BCUT2D eigenvalue weighted by Gasteiger charge is 2.28. The second-order valence-electron chi connectivity index (χ2n) is 4.78. The molecule has 0 aliphatic carbocycles. The molecule has 0 aromatic heterocycles. The Labute approximate surface area is 121 Å². The highest BCUT2D eigenvalue weighted by Crippen LogP contribution is 2.41. The van der Waals surface area contributed by atoms with Gasteiger partial charge in [-0.2, -0.15) is 0 Å². The molecule has 1 heterocycles. The molecule has 0 spiro atoms. The summed E-state index contributed by atoms with van der Waals surface area (Å²) in [7, 11) is 0. The Morgan fingerprint density at radius 1 is 1.11 bits per heavy atom. The molecule has 1 aliphatic heterocycles. The third-order valence-corrected chi connectivity index (χ3v) is 4.13. The summed E-state index contributed by atoms with van der Waals surface area (Å²) in [5.41, 5.74) is 2.05. The van der Waals surface area contributed by atoms with Gasteiger partial charge in [-0.3, -0.25) is 0 Å². The van der Waals surface area contributed by atoms with E-state index >= 15 is 0 Å². The Morgan fingerprint density at radius 2 is 1.84 bits per heavy atom. The van der Waals surface area contributed by atoms with Gasteiger partial charge in [0.25, 0.3) is 0 Å². The van der Waals surface area contributed by atoms with Crippen molar-refractivity contribution in [3.8, 4) is 5.75 Å². The largest absolute Gasteiger partial charge is 0.493 e. The highest BCUT2D eigenvalue weighted by molar-refractivity contribution is 9.10. The lowest BCUT2D eigenvalue weighted by atomic mass is 9.85. The van der Waals surface area contributed by atoms with Crippen molar-refractivity contribution >= 4 is 15.9 Å². The summed E-state index contributed by atoms with van der Waals surface area (Å²) >= 11 is 3.41. The van der Waals surface area contributed by atoms with Crippen LogP contribution in [0.25, 0.3) is 0 Å². The number of halogens is 1. The van der Waals surface area contributed by atoms with Gasteiger partial charge in [-0.1, -0.05) is 46.3 Å². The molecule has 0 bridgehead atoms. The molecule has 2 aromatic carbocycles. The first kappa shape index (κ1) is 12.7. The maximum absolute atomic E-state index is 10.6. The van der Waals surface area contributed by atoms with Crippen LogP contribution in [0.4, 0.5) is 0 Å². The number of aliphatic hydroxyl groups excluding tert-OH is 1. The van der Waals surface area contributed by atoms with Crippen LogP contribution in [-0.4, -0.2) is 11.7 Å². The predicted molar refractivity (Wildman–Crippen MR) is 78.4 cm³/mol. The zero-order valence-corrected chi connectivity index (χ0v) is 12.0. The van der Waals surface area contributed by atoms with E-state index in [1.807, 2.05) is 48.5 Å². The van der Waals surface area contributed by atoms with Gasteiger partial charge < -0.3 is 9.84 Å². The van der Waals surface area contributed by atoms with Crippen LogP contribution in [0.3, 0.4) is 0 Å². The number of rotatable bonds is 2. The second-order valence-corrected chi connectivity index (χ2v) is 5.69. The molecule has 3 rings (SSSR count). The van der Waals surface area contributed by atoms with E-state index in [4.69, 9.17) is 4.74 Å². The molecular formula is C16H15BrO2. The molecule has 1 N–H and O–H groups in total. The van der Waals surface area contributed by atoms with E-state index in [-0.39, 0.29) is 5.92 Å². The SMILES string of the molecule is OC(c1ccc(Br)cc1)C1CCOc2ccccc21. The fourth-order valence-electron chi connectivity index (χ4n) is 2.59. The molecule has 0 saturated heterocycles. The van der Waals surface area contributed by atoms with Crippen molar-refractivity contribution in [1.29, 1.82) is 0 Å². The molecule has 2 nitrogen and oxygen atoms in total. The van der Waals surface area contributed by atoms with Crippen molar-refractivity contribution in [2.75, 3.05) is 6.61 Å². The molecule has 2 aromatic rings. The lowest BCUT2D eigenvalue weighted by Crippen LogP contribution is -2.19. The summed E-state index contributed by atoms with van der Waals surface area (Å²) in [6.07, 6.45) is 0.354. The summed E-state index contributed by atoms with van der Waals surface area (Å²) in [5.74, 6) is 1.00. The number of aliphatic hydroxyl groups is 1. The molecule has 1 aliphatic rings. The van der Waals surface area contributed by atoms with E-state index in [2.05, 4.69) is 15.9 Å². The quantitative estimate of drug-likeness (QED) is 0.905. The first-order valence-corrected chi connectivity index (χ1v) is 7.20. The Balaban J connectivity index is 1.92. The smallest absolute Gasteiger partial charge is 0.122 e. The third-order valence-electron chi connectivity index (χ3n) is 3.60. The number of para-hydroxylation sites is 1. The van der Waals surface area contributed by atoms with Crippen molar-refractivity contribution < 1.29 is 9.84 Å². The Kier molecular flexibility index (Phi) is 3.58. The van der Waals surface area contributed by atoms with Crippen LogP contribution in [0, 0.1) is 0 Å². The highest BCUT2D eigenvalue weighted by atomic mass is 79.9. The van der Waals surface area contributed by atoms with Gasteiger partial charge in [0.1, 0.15) is 5.75 Å². The molecule has 0 saturated carbocycles. The monoisotopic (exact) mass is 318 g/mol. The minimum atomic E-state index is -0.488. The Bertz CT molecular complexity index is 565. The maximum Gasteiger partial charge on any atom is 0.122 e. The number of hydrogen-bond donors (Lipinski definition) is 1. The van der Waals surface area contributed by atoms with Gasteiger partial charge in [0.15, 0.2) is 0 Å². The fraction of sp³-hybridized carbons (Fsp3) is 0.250. The van der Waals surface area contributed by atoms with Gasteiger partial charge in [0, 0.05) is 16.0 Å². The first-order valence-electron chi connectivity index (χ1n) is 6.41. The lowest BCUT2D eigenvalue weighted by molar-refractivity contribution is 0.117.